The summed E-state index contributed by atoms with van der Waals surface area (Å²) in [6.45, 7) is 10.5. The van der Waals surface area contributed by atoms with Crippen LogP contribution >= 0.6 is 23.2 Å². The number of nitrogens with one attached hydrogen (secondary N) is 2. The fraction of sp³-hybridized carbons (Fsp3) is 0.429. The van der Waals surface area contributed by atoms with E-state index >= 15 is 0 Å². The molecule has 2 atom stereocenters. The summed E-state index contributed by atoms with van der Waals surface area (Å²) in [5.41, 5.74) is 6.38. The Morgan fingerprint density at radius 3 is 1.87 bits per heavy atom. The minimum absolute atomic E-state index is 0.00427. The van der Waals surface area contributed by atoms with Crippen LogP contribution in [0, 0.1) is 0 Å². The van der Waals surface area contributed by atoms with Gasteiger partial charge in [0.05, 0.1) is 35.7 Å². The monoisotopic (exact) mass is 772 g/mol. The first kappa shape index (κ1) is 39.5. The summed E-state index contributed by atoms with van der Waals surface area (Å²) in [7, 11) is 3.30. The molecule has 0 spiro atoms. The number of carbonyl (C=O) groups excluding carboxylic acids is 2. The molecule has 4 heterocycles. The molecule has 10 nitrogen and oxygen atoms in total. The second-order valence-corrected chi connectivity index (χ2v) is 15.0. The Morgan fingerprint density at radius 2 is 1.30 bits per heavy atom. The van der Waals surface area contributed by atoms with Gasteiger partial charge in [0.2, 0.25) is 17.7 Å². The molecule has 2 fully saturated rings. The zero-order valence-electron chi connectivity index (χ0n) is 31.9. The highest BCUT2D eigenvalue weighted by Gasteiger charge is 2.26. The van der Waals surface area contributed by atoms with Gasteiger partial charge in [0.15, 0.2) is 0 Å². The molecule has 0 radical (unpaired) electrons. The van der Waals surface area contributed by atoms with Crippen LogP contribution in [0.2, 0.25) is 10.0 Å². The molecule has 54 heavy (non-hydrogen) atoms. The fourth-order valence-electron chi connectivity index (χ4n) is 7.71. The van der Waals surface area contributed by atoms with Gasteiger partial charge < -0.3 is 29.9 Å². The Kier molecular flexibility index (Phi) is 12.8. The maximum absolute atomic E-state index is 11.8. The molecule has 2 N–H and O–H groups in total. The summed E-state index contributed by atoms with van der Waals surface area (Å²) in [6.07, 6.45) is 5.37. The first-order valence-corrected chi connectivity index (χ1v) is 19.4. The summed E-state index contributed by atoms with van der Waals surface area (Å²) >= 11 is 14.3. The zero-order valence-corrected chi connectivity index (χ0v) is 33.4. The smallest absolute Gasteiger partial charge is 0.219 e. The van der Waals surface area contributed by atoms with Crippen LogP contribution in [0.4, 0.5) is 0 Å². The molecule has 2 aliphatic heterocycles. The molecule has 2 aliphatic rings. The largest absolute Gasteiger partial charge is 0.496 e. The number of nitrogens with zero attached hydrogens (tertiary/aromatic N) is 4. The van der Waals surface area contributed by atoms with Crippen molar-refractivity contribution in [1.82, 2.24) is 30.4 Å². The van der Waals surface area contributed by atoms with Gasteiger partial charge in [-0.1, -0.05) is 53.5 Å². The molecule has 0 unspecified atom stereocenters. The maximum Gasteiger partial charge on any atom is 0.219 e. The van der Waals surface area contributed by atoms with Crippen LogP contribution in [0.1, 0.15) is 76.6 Å². The fourth-order valence-corrected chi connectivity index (χ4v) is 8.36. The lowest BCUT2D eigenvalue weighted by Gasteiger charge is -2.33. The highest BCUT2D eigenvalue weighted by atomic mass is 35.5. The van der Waals surface area contributed by atoms with Gasteiger partial charge in [0, 0.05) is 104 Å². The number of benzene rings is 2. The molecule has 2 aromatic carbocycles. The molecule has 6 rings (SSSR count). The summed E-state index contributed by atoms with van der Waals surface area (Å²) in [4.78, 5) is 36.9. The predicted molar refractivity (Wildman–Crippen MR) is 215 cm³/mol. The van der Waals surface area contributed by atoms with E-state index in [9.17, 15) is 9.59 Å². The SMILES string of the molecule is COc1cc(-c2nccc(-c3cccc(-c4ccc([C@@H](C)NC5CCN(C(C)=O)CC5)c(OC)n4)c3Cl)c2Cl)ccc1[C@@H](C)NC1CCN(C(C)=O)CC1. The molecule has 0 aliphatic carbocycles. The Labute approximate surface area is 328 Å². The van der Waals surface area contributed by atoms with E-state index in [-0.39, 0.29) is 23.9 Å². The van der Waals surface area contributed by atoms with E-state index < -0.39 is 0 Å². The summed E-state index contributed by atoms with van der Waals surface area (Å²) in [5, 5.41) is 8.43. The van der Waals surface area contributed by atoms with Gasteiger partial charge in [0.25, 0.3) is 0 Å². The van der Waals surface area contributed by atoms with E-state index in [1.807, 2.05) is 58.3 Å². The van der Waals surface area contributed by atoms with Crippen LogP contribution in [0.3, 0.4) is 0 Å². The lowest BCUT2D eigenvalue weighted by atomic mass is 9.97. The van der Waals surface area contributed by atoms with Crippen molar-refractivity contribution < 1.29 is 19.1 Å². The van der Waals surface area contributed by atoms with Crippen molar-refractivity contribution in [2.45, 2.75) is 77.5 Å². The molecule has 4 aromatic rings. The molecule has 12 heteroatoms. The van der Waals surface area contributed by atoms with Crippen LogP contribution < -0.4 is 20.1 Å². The average molecular weight is 774 g/mol. The van der Waals surface area contributed by atoms with E-state index in [1.54, 1.807) is 34.3 Å². The van der Waals surface area contributed by atoms with Crippen molar-refractivity contribution in [3.63, 3.8) is 0 Å². The number of ether oxygens (including phenoxy) is 2. The number of hydrogen-bond acceptors (Lipinski definition) is 8. The molecule has 2 aromatic heterocycles. The first-order valence-electron chi connectivity index (χ1n) is 18.7. The highest BCUT2D eigenvalue weighted by molar-refractivity contribution is 6.39. The number of aromatic nitrogens is 2. The van der Waals surface area contributed by atoms with Crippen LogP contribution in [0.15, 0.2) is 60.8 Å². The number of pyridine rings is 2. The minimum atomic E-state index is -0.00427. The number of carbonyl (C=O) groups is 2. The maximum atomic E-state index is 11.8. The van der Waals surface area contributed by atoms with E-state index in [2.05, 4.69) is 35.5 Å². The molecular formula is C42H50Cl2N6O4. The molecule has 0 bridgehead atoms. The number of likely N-dealkylation sites (tertiary alicyclic amines) is 2. The Hall–Kier alpha value is -4.22. The minimum Gasteiger partial charge on any atom is -0.496 e. The third-order valence-electron chi connectivity index (χ3n) is 10.8. The lowest BCUT2D eigenvalue weighted by Crippen LogP contribution is -2.44. The van der Waals surface area contributed by atoms with Crippen molar-refractivity contribution in [1.29, 1.82) is 0 Å². The number of methoxy groups -OCH3 is 2. The average Bonchev–Trinajstić information content (AvgIpc) is 3.18. The Morgan fingerprint density at radius 1 is 0.741 bits per heavy atom. The normalized spacial score (nSPS) is 16.6. The van der Waals surface area contributed by atoms with Crippen LogP contribution in [0.25, 0.3) is 33.6 Å². The molecule has 2 saturated heterocycles. The van der Waals surface area contributed by atoms with Crippen molar-refractivity contribution in [2.24, 2.45) is 0 Å². The van der Waals surface area contributed by atoms with E-state index in [0.717, 1.165) is 91.0 Å². The number of rotatable bonds is 11. The summed E-state index contributed by atoms with van der Waals surface area (Å²) < 4.78 is 11.7. The van der Waals surface area contributed by atoms with Gasteiger partial charge in [-0.15, -0.1) is 0 Å². The van der Waals surface area contributed by atoms with Gasteiger partial charge in [-0.05, 0) is 63.8 Å². The molecular weight excluding hydrogens is 723 g/mol. The van der Waals surface area contributed by atoms with E-state index in [0.29, 0.717) is 39.4 Å². The standard InChI is InChI=1S/C42H50Cl2N6O4/c1-25(46-30-15-20-49(21-16-30)27(3)51)32-11-10-29(24-38(32)53-5)41-40(44)35(14-19-45-41)34-8-7-9-36(39(34)43)37-13-12-33(42(48-37)54-6)26(2)47-31-17-22-50(23-18-31)28(4)52/h7-14,19,24-26,30-31,46-47H,15-18,20-23H2,1-6H3/t25-,26-/m1/s1. The predicted octanol–water partition coefficient (Wildman–Crippen LogP) is 8.12. The number of hydrogen-bond donors (Lipinski definition) is 2. The highest BCUT2D eigenvalue weighted by Crippen LogP contribution is 2.43. The number of halogens is 2. The van der Waals surface area contributed by atoms with E-state index in [4.69, 9.17) is 37.7 Å². The lowest BCUT2D eigenvalue weighted by molar-refractivity contribution is -0.130. The van der Waals surface area contributed by atoms with Gasteiger partial charge in [-0.2, -0.15) is 0 Å². The summed E-state index contributed by atoms with van der Waals surface area (Å²) in [5.74, 6) is 1.53. The number of amides is 2. The number of piperidine rings is 2. The Bertz CT molecular complexity index is 1840. The topological polar surface area (TPSA) is 109 Å². The molecule has 2 amide bonds. The zero-order chi connectivity index (χ0) is 38.5. The third-order valence-corrected chi connectivity index (χ3v) is 11.6. The second-order valence-electron chi connectivity index (χ2n) is 14.3. The third kappa shape index (κ3) is 8.68. The molecule has 0 saturated carbocycles. The quantitative estimate of drug-likeness (QED) is 0.157. The van der Waals surface area contributed by atoms with Crippen molar-refractivity contribution in [2.75, 3.05) is 40.4 Å². The molecule has 286 valence electrons. The van der Waals surface area contributed by atoms with Crippen LogP contribution in [-0.4, -0.2) is 84.1 Å². The first-order chi connectivity index (χ1) is 26.0. The van der Waals surface area contributed by atoms with Crippen LogP contribution in [-0.2, 0) is 9.59 Å². The van der Waals surface area contributed by atoms with Crippen molar-refractivity contribution in [3.8, 4) is 45.3 Å². The van der Waals surface area contributed by atoms with Crippen molar-refractivity contribution >= 4 is 35.0 Å². The van der Waals surface area contributed by atoms with Gasteiger partial charge >= 0.3 is 0 Å². The second kappa shape index (κ2) is 17.5. The van der Waals surface area contributed by atoms with Gasteiger partial charge in [0.1, 0.15) is 5.75 Å². The Balaban J connectivity index is 1.21. The van der Waals surface area contributed by atoms with Crippen molar-refractivity contribution in [3.05, 3.63) is 82.0 Å². The van der Waals surface area contributed by atoms with E-state index in [1.165, 1.54) is 0 Å². The summed E-state index contributed by atoms with van der Waals surface area (Å²) in [6, 6.07) is 18.4. The van der Waals surface area contributed by atoms with Gasteiger partial charge in [-0.25, -0.2) is 4.98 Å². The van der Waals surface area contributed by atoms with Crippen LogP contribution in [0.5, 0.6) is 11.6 Å². The van der Waals surface area contributed by atoms with Gasteiger partial charge in [-0.3, -0.25) is 14.6 Å².